The Morgan fingerprint density at radius 3 is 2.71 bits per heavy atom. The lowest BCUT2D eigenvalue weighted by molar-refractivity contribution is 0.171. The van der Waals surface area contributed by atoms with Crippen LogP contribution in [-0.4, -0.2) is 24.5 Å². The van der Waals surface area contributed by atoms with E-state index in [2.05, 4.69) is 53.0 Å². The van der Waals surface area contributed by atoms with Gasteiger partial charge in [0.2, 0.25) is 0 Å². The lowest BCUT2D eigenvalue weighted by Crippen LogP contribution is -2.17. The first kappa shape index (κ1) is 15.4. The van der Waals surface area contributed by atoms with Crippen LogP contribution in [0.15, 0.2) is 47.5 Å². The molecule has 5 heteroatoms. The number of aromatic amines is 1. The number of nitrogens with one attached hydrogen (secondary N) is 2. The molecule has 4 nitrogen and oxygen atoms in total. The van der Waals surface area contributed by atoms with Gasteiger partial charge in [0, 0.05) is 29.7 Å². The highest BCUT2D eigenvalue weighted by Crippen LogP contribution is 2.36. The van der Waals surface area contributed by atoms with Crippen LogP contribution in [0.1, 0.15) is 11.1 Å². The molecule has 0 saturated carbocycles. The molecule has 0 fully saturated rings. The molecule has 124 valence electrons. The van der Waals surface area contributed by atoms with Crippen LogP contribution in [0.5, 0.6) is 11.5 Å². The first-order valence-corrected chi connectivity index (χ1v) is 9.29. The Morgan fingerprint density at radius 2 is 1.88 bits per heavy atom. The number of ether oxygens (including phenoxy) is 2. The predicted molar refractivity (Wildman–Crippen MR) is 98.1 cm³/mol. The van der Waals surface area contributed by atoms with E-state index in [1.54, 1.807) is 11.8 Å². The average molecular weight is 340 g/mol. The molecule has 1 aliphatic rings. The van der Waals surface area contributed by atoms with Crippen LogP contribution in [0.2, 0.25) is 0 Å². The summed E-state index contributed by atoms with van der Waals surface area (Å²) in [7, 11) is 0. The Morgan fingerprint density at radius 1 is 1.04 bits per heavy atom. The molecule has 2 aromatic carbocycles. The molecule has 24 heavy (non-hydrogen) atoms. The van der Waals surface area contributed by atoms with Gasteiger partial charge in [-0.3, -0.25) is 0 Å². The molecule has 0 saturated heterocycles. The molecule has 0 amide bonds. The van der Waals surface area contributed by atoms with E-state index < -0.39 is 0 Å². The van der Waals surface area contributed by atoms with Gasteiger partial charge >= 0.3 is 0 Å². The van der Waals surface area contributed by atoms with Crippen LogP contribution < -0.4 is 14.8 Å². The largest absolute Gasteiger partial charge is 0.486 e. The first-order chi connectivity index (χ1) is 11.8. The summed E-state index contributed by atoms with van der Waals surface area (Å²) in [6, 6.07) is 12.8. The molecular formula is C19H20N2O2S. The topological polar surface area (TPSA) is 46.3 Å². The van der Waals surface area contributed by atoms with Crippen molar-refractivity contribution in [3.8, 4) is 11.5 Å². The van der Waals surface area contributed by atoms with E-state index in [0.29, 0.717) is 13.2 Å². The molecule has 1 aromatic heterocycles. The molecule has 4 rings (SSSR count). The molecule has 0 unspecified atom stereocenters. The molecule has 0 aliphatic carbocycles. The molecule has 0 spiro atoms. The standard InChI is InChI=1S/C19H20N2O2S/c1-24-19-10-18-17(22-6-7-23-18)9-15(19)12-20-11-13-2-3-16-14(8-13)4-5-21-16/h2-5,8-10,20-21H,6-7,11-12H2,1H3. The van der Waals surface area contributed by atoms with Gasteiger partial charge in [0.1, 0.15) is 13.2 Å². The van der Waals surface area contributed by atoms with E-state index in [1.807, 2.05) is 6.20 Å². The Hall–Kier alpha value is -2.11. The highest BCUT2D eigenvalue weighted by Gasteiger charge is 2.15. The van der Waals surface area contributed by atoms with Crippen molar-refractivity contribution in [1.82, 2.24) is 10.3 Å². The Labute approximate surface area is 145 Å². The fourth-order valence-corrected chi connectivity index (χ4v) is 3.61. The molecule has 0 bridgehead atoms. The van der Waals surface area contributed by atoms with Crippen LogP contribution in [0.4, 0.5) is 0 Å². The highest BCUT2D eigenvalue weighted by atomic mass is 32.2. The minimum absolute atomic E-state index is 0.620. The van der Waals surface area contributed by atoms with Crippen molar-refractivity contribution in [2.24, 2.45) is 0 Å². The van der Waals surface area contributed by atoms with Gasteiger partial charge in [-0.2, -0.15) is 0 Å². The number of H-pyrrole nitrogens is 1. The number of hydrogen-bond donors (Lipinski definition) is 2. The van der Waals surface area contributed by atoms with E-state index >= 15 is 0 Å². The van der Waals surface area contributed by atoms with Gasteiger partial charge in [0.25, 0.3) is 0 Å². The van der Waals surface area contributed by atoms with Gasteiger partial charge in [-0.05, 0) is 53.1 Å². The van der Waals surface area contributed by atoms with Gasteiger partial charge in [-0.25, -0.2) is 0 Å². The highest BCUT2D eigenvalue weighted by molar-refractivity contribution is 7.98. The summed E-state index contributed by atoms with van der Waals surface area (Å²) in [6.07, 6.45) is 4.07. The molecule has 1 aliphatic heterocycles. The second kappa shape index (κ2) is 6.79. The second-order valence-corrected chi connectivity index (χ2v) is 6.66. The van der Waals surface area contributed by atoms with E-state index in [1.165, 1.54) is 26.9 Å². The average Bonchev–Trinajstić information content (AvgIpc) is 3.09. The number of hydrogen-bond acceptors (Lipinski definition) is 4. The van der Waals surface area contributed by atoms with Crippen molar-refractivity contribution in [2.75, 3.05) is 19.5 Å². The maximum Gasteiger partial charge on any atom is 0.162 e. The third kappa shape index (κ3) is 3.09. The predicted octanol–water partition coefficient (Wildman–Crippen LogP) is 3.95. The number of thioether (sulfide) groups is 1. The normalized spacial score (nSPS) is 13.4. The Kier molecular flexibility index (Phi) is 4.36. The van der Waals surface area contributed by atoms with Crippen LogP contribution in [0.25, 0.3) is 10.9 Å². The van der Waals surface area contributed by atoms with Crippen molar-refractivity contribution in [3.63, 3.8) is 0 Å². The summed E-state index contributed by atoms with van der Waals surface area (Å²) < 4.78 is 11.4. The van der Waals surface area contributed by atoms with E-state index in [0.717, 1.165) is 24.6 Å². The van der Waals surface area contributed by atoms with Crippen LogP contribution in [0, 0.1) is 0 Å². The van der Waals surface area contributed by atoms with Crippen molar-refractivity contribution in [2.45, 2.75) is 18.0 Å². The van der Waals surface area contributed by atoms with Crippen molar-refractivity contribution < 1.29 is 9.47 Å². The van der Waals surface area contributed by atoms with Crippen molar-refractivity contribution >= 4 is 22.7 Å². The summed E-state index contributed by atoms with van der Waals surface area (Å²) in [5.41, 5.74) is 3.70. The van der Waals surface area contributed by atoms with Gasteiger partial charge in [0.05, 0.1) is 0 Å². The zero-order valence-electron chi connectivity index (χ0n) is 13.6. The third-order valence-electron chi connectivity index (χ3n) is 4.21. The van der Waals surface area contributed by atoms with Crippen molar-refractivity contribution in [3.05, 3.63) is 53.7 Å². The SMILES string of the molecule is CSc1cc2c(cc1CNCc1ccc3[nH]ccc3c1)OCCO2. The van der Waals surface area contributed by atoms with Gasteiger partial charge in [-0.1, -0.05) is 6.07 Å². The smallest absolute Gasteiger partial charge is 0.162 e. The van der Waals surface area contributed by atoms with E-state index in [4.69, 9.17) is 9.47 Å². The lowest BCUT2D eigenvalue weighted by atomic mass is 10.1. The van der Waals surface area contributed by atoms with Crippen molar-refractivity contribution in [1.29, 1.82) is 0 Å². The monoisotopic (exact) mass is 340 g/mol. The fraction of sp³-hybridized carbons (Fsp3) is 0.263. The number of aromatic nitrogens is 1. The summed E-state index contributed by atoms with van der Waals surface area (Å²) in [5.74, 6) is 1.71. The zero-order valence-corrected chi connectivity index (χ0v) is 14.4. The summed E-state index contributed by atoms with van der Waals surface area (Å²) in [4.78, 5) is 4.45. The maximum absolute atomic E-state index is 5.70. The van der Waals surface area contributed by atoms with Gasteiger partial charge in [-0.15, -0.1) is 11.8 Å². The zero-order chi connectivity index (χ0) is 16.4. The van der Waals surface area contributed by atoms with Crippen LogP contribution in [0.3, 0.4) is 0 Å². The minimum atomic E-state index is 0.620. The summed E-state index contributed by atoms with van der Waals surface area (Å²) in [6.45, 7) is 2.89. The summed E-state index contributed by atoms with van der Waals surface area (Å²) >= 11 is 1.74. The molecular weight excluding hydrogens is 320 g/mol. The number of fused-ring (bicyclic) bond motifs is 2. The molecule has 2 N–H and O–H groups in total. The van der Waals surface area contributed by atoms with Gasteiger partial charge < -0.3 is 19.8 Å². The van der Waals surface area contributed by atoms with Crippen LogP contribution in [-0.2, 0) is 13.1 Å². The van der Waals surface area contributed by atoms with E-state index in [-0.39, 0.29) is 0 Å². The summed E-state index contributed by atoms with van der Waals surface area (Å²) in [5, 5.41) is 4.79. The minimum Gasteiger partial charge on any atom is -0.486 e. The number of rotatable bonds is 5. The first-order valence-electron chi connectivity index (χ1n) is 8.07. The lowest BCUT2D eigenvalue weighted by Gasteiger charge is -2.21. The Bertz CT molecular complexity index is 860. The van der Waals surface area contributed by atoms with Gasteiger partial charge in [0.15, 0.2) is 11.5 Å². The number of benzene rings is 2. The molecule has 3 aromatic rings. The second-order valence-electron chi connectivity index (χ2n) is 5.81. The quantitative estimate of drug-likeness (QED) is 0.691. The van der Waals surface area contributed by atoms with Crippen LogP contribution >= 0.6 is 11.8 Å². The third-order valence-corrected chi connectivity index (χ3v) is 5.03. The van der Waals surface area contributed by atoms with E-state index in [9.17, 15) is 0 Å². The Balaban J connectivity index is 1.46. The molecule has 2 heterocycles. The fourth-order valence-electron chi connectivity index (χ4n) is 2.99. The maximum atomic E-state index is 5.70. The molecule has 0 atom stereocenters. The molecule has 0 radical (unpaired) electrons.